The summed E-state index contributed by atoms with van der Waals surface area (Å²) in [4.78, 5) is 4.94. The normalized spacial score (nSPS) is 13.2. The molecule has 3 nitrogen and oxygen atoms in total. The zero-order valence-corrected chi connectivity index (χ0v) is 28.8. The molecule has 0 fully saturated rings. The summed E-state index contributed by atoms with van der Waals surface area (Å²) in [5.74, 6) is 0. The van der Waals surface area contributed by atoms with Crippen LogP contribution in [0.4, 0.5) is 17.1 Å². The molecule has 0 N–H and O–H groups in total. The van der Waals surface area contributed by atoms with E-state index in [1.807, 2.05) is 0 Å². The monoisotopic (exact) mass is 625 g/mol. The molecule has 1 aliphatic heterocycles. The van der Waals surface area contributed by atoms with E-state index in [2.05, 4.69) is 189 Å². The van der Waals surface area contributed by atoms with Gasteiger partial charge in [0.05, 0.1) is 29.1 Å². The van der Waals surface area contributed by atoms with Crippen molar-refractivity contribution in [3.63, 3.8) is 0 Å². The molecule has 3 heteroatoms. The summed E-state index contributed by atoms with van der Waals surface area (Å²) in [6.45, 7) is 14.5. The first-order chi connectivity index (χ1) is 23.2. The van der Waals surface area contributed by atoms with Gasteiger partial charge in [0.2, 0.25) is 0 Å². The number of para-hydroxylation sites is 3. The number of rotatable bonds is 6. The van der Waals surface area contributed by atoms with Crippen LogP contribution in [0.2, 0.25) is 0 Å². The molecule has 1 aliphatic rings. The topological polar surface area (TPSA) is 11.4 Å². The molecule has 8 rings (SSSR count). The Kier molecular flexibility index (Phi) is 7.18. The molecule has 0 radical (unpaired) electrons. The molecular weight excluding hydrogens is 583 g/mol. The summed E-state index contributed by atoms with van der Waals surface area (Å²) in [6.07, 6.45) is 0. The zero-order chi connectivity index (χ0) is 33.2. The third-order valence-electron chi connectivity index (χ3n) is 10.5. The van der Waals surface area contributed by atoms with E-state index >= 15 is 0 Å². The summed E-state index contributed by atoms with van der Waals surface area (Å²) in [5.41, 5.74) is 15.0. The Morgan fingerprint density at radius 2 is 1.21 bits per heavy atom. The van der Waals surface area contributed by atoms with Gasteiger partial charge < -0.3 is 14.4 Å². The van der Waals surface area contributed by atoms with E-state index < -0.39 is 0 Å². The molecule has 0 bridgehead atoms. The highest BCUT2D eigenvalue weighted by Gasteiger charge is 2.30. The zero-order valence-electron chi connectivity index (χ0n) is 28.8. The van der Waals surface area contributed by atoms with Gasteiger partial charge in [0, 0.05) is 33.6 Å². The maximum atomic E-state index is 2.48. The molecule has 0 saturated carbocycles. The van der Waals surface area contributed by atoms with Crippen molar-refractivity contribution in [3.8, 4) is 16.8 Å². The second-order valence-corrected chi connectivity index (χ2v) is 14.2. The van der Waals surface area contributed by atoms with Gasteiger partial charge in [-0.2, -0.15) is 0 Å². The van der Waals surface area contributed by atoms with Crippen LogP contribution in [0.15, 0.2) is 133 Å². The second kappa shape index (κ2) is 11.5. The highest BCUT2D eigenvalue weighted by atomic mass is 15.4. The highest BCUT2D eigenvalue weighted by molar-refractivity contribution is 6.09. The van der Waals surface area contributed by atoms with Crippen LogP contribution in [-0.4, -0.2) is 17.3 Å². The Hall–Kier alpha value is -5.28. The Morgan fingerprint density at radius 1 is 0.562 bits per heavy atom. The molecule has 0 aliphatic carbocycles. The molecule has 2 heterocycles. The lowest BCUT2D eigenvalue weighted by Gasteiger charge is -2.29. The molecule has 7 aromatic rings. The quantitative estimate of drug-likeness (QED) is 0.182. The van der Waals surface area contributed by atoms with E-state index in [9.17, 15) is 0 Å². The minimum absolute atomic E-state index is 0.220. The van der Waals surface area contributed by atoms with Crippen LogP contribution in [0.3, 0.4) is 0 Å². The number of aromatic nitrogens is 1. The molecule has 0 atom stereocenters. The van der Waals surface area contributed by atoms with E-state index in [4.69, 9.17) is 0 Å². The molecule has 0 unspecified atom stereocenters. The number of nitrogens with zero attached hydrogens (tertiary/aromatic N) is 3. The maximum Gasteiger partial charge on any atom is 0.0955 e. The van der Waals surface area contributed by atoms with E-state index in [1.54, 1.807) is 0 Å². The van der Waals surface area contributed by atoms with Gasteiger partial charge in [0.15, 0.2) is 0 Å². The Labute approximate surface area is 284 Å². The average molecular weight is 626 g/mol. The van der Waals surface area contributed by atoms with E-state index in [-0.39, 0.29) is 5.41 Å². The summed E-state index contributed by atoms with van der Waals surface area (Å²) < 4.78 is 2.46. The minimum atomic E-state index is -0.220. The van der Waals surface area contributed by atoms with Gasteiger partial charge in [-0.1, -0.05) is 98.8 Å². The van der Waals surface area contributed by atoms with Crippen LogP contribution in [0.1, 0.15) is 49.9 Å². The first-order valence-electron chi connectivity index (χ1n) is 17.2. The fourth-order valence-corrected chi connectivity index (χ4v) is 7.84. The number of anilines is 3. The number of hydrogen-bond donors (Lipinski definition) is 0. The lowest BCUT2D eigenvalue weighted by atomic mass is 9.77. The van der Waals surface area contributed by atoms with E-state index in [1.165, 1.54) is 77.9 Å². The van der Waals surface area contributed by atoms with Gasteiger partial charge in [-0.3, -0.25) is 0 Å². The van der Waals surface area contributed by atoms with Crippen molar-refractivity contribution < 1.29 is 0 Å². The number of fused-ring (bicyclic) bond motifs is 4. The first-order valence-corrected chi connectivity index (χ1v) is 17.2. The van der Waals surface area contributed by atoms with Gasteiger partial charge in [0.1, 0.15) is 0 Å². The van der Waals surface area contributed by atoms with Crippen LogP contribution >= 0.6 is 0 Å². The standard InChI is InChI=1S/C45H43N3/c1-30(2)46-29-47(42-23-10-9-22-41(42)46)36-18-13-17-34(27-36)45(5,6)35-24-25-39-38-20-7-8-21-40(38)48(43(39)28-35)37-19-12-16-33(26-37)44-31(3)14-11-15-32(44)4/h7-28,30H,29H2,1-6H3. The van der Waals surface area contributed by atoms with Gasteiger partial charge in [-0.05, 0) is 110 Å². The molecule has 238 valence electrons. The third kappa shape index (κ3) is 4.80. The van der Waals surface area contributed by atoms with Gasteiger partial charge in [-0.25, -0.2) is 0 Å². The van der Waals surface area contributed by atoms with Crippen LogP contribution in [0.5, 0.6) is 0 Å². The summed E-state index contributed by atoms with van der Waals surface area (Å²) >= 11 is 0. The second-order valence-electron chi connectivity index (χ2n) is 14.2. The van der Waals surface area contributed by atoms with Crippen molar-refractivity contribution in [2.45, 2.75) is 53.0 Å². The predicted molar refractivity (Wildman–Crippen MR) is 205 cm³/mol. The molecule has 1 aromatic heterocycles. The Bertz CT molecular complexity index is 2300. The lowest BCUT2D eigenvalue weighted by Crippen LogP contribution is -2.33. The smallest absolute Gasteiger partial charge is 0.0955 e. The van der Waals surface area contributed by atoms with Crippen LogP contribution in [0.25, 0.3) is 38.6 Å². The summed E-state index contributed by atoms with van der Waals surface area (Å²) in [7, 11) is 0. The van der Waals surface area contributed by atoms with Crippen molar-refractivity contribution >= 4 is 38.9 Å². The van der Waals surface area contributed by atoms with Crippen molar-refractivity contribution in [1.82, 2.24) is 4.57 Å². The van der Waals surface area contributed by atoms with Crippen LogP contribution < -0.4 is 9.80 Å². The van der Waals surface area contributed by atoms with Crippen molar-refractivity contribution in [2.24, 2.45) is 0 Å². The minimum Gasteiger partial charge on any atom is -0.349 e. The van der Waals surface area contributed by atoms with Gasteiger partial charge in [-0.15, -0.1) is 0 Å². The molecule has 0 amide bonds. The molecule has 6 aromatic carbocycles. The third-order valence-corrected chi connectivity index (χ3v) is 10.5. The molecule has 0 spiro atoms. The van der Waals surface area contributed by atoms with Crippen LogP contribution in [-0.2, 0) is 5.41 Å². The summed E-state index contributed by atoms with van der Waals surface area (Å²) in [5, 5.41) is 2.55. The van der Waals surface area contributed by atoms with Crippen molar-refractivity contribution in [1.29, 1.82) is 0 Å². The summed E-state index contributed by atoms with van der Waals surface area (Å²) in [6, 6.07) is 49.9. The number of hydrogen-bond acceptors (Lipinski definition) is 2. The number of benzene rings is 6. The molecule has 48 heavy (non-hydrogen) atoms. The fraction of sp³-hybridized carbons (Fsp3) is 0.200. The Balaban J connectivity index is 1.24. The van der Waals surface area contributed by atoms with Crippen molar-refractivity contribution in [2.75, 3.05) is 16.5 Å². The lowest BCUT2D eigenvalue weighted by molar-refractivity contribution is 0.641. The highest BCUT2D eigenvalue weighted by Crippen LogP contribution is 2.44. The maximum absolute atomic E-state index is 2.48. The van der Waals surface area contributed by atoms with E-state index in [0.717, 1.165) is 6.67 Å². The fourth-order valence-electron chi connectivity index (χ4n) is 7.84. The Morgan fingerprint density at radius 3 is 2.00 bits per heavy atom. The number of aryl methyl sites for hydroxylation is 2. The van der Waals surface area contributed by atoms with Crippen LogP contribution in [0, 0.1) is 13.8 Å². The van der Waals surface area contributed by atoms with Crippen molar-refractivity contribution in [3.05, 3.63) is 156 Å². The predicted octanol–water partition coefficient (Wildman–Crippen LogP) is 11.7. The van der Waals surface area contributed by atoms with Gasteiger partial charge in [0.25, 0.3) is 0 Å². The SMILES string of the molecule is Cc1cccc(C)c1-c1cccc(-n2c3ccccc3c3ccc(C(C)(C)c4cccc(N5CN(C(C)C)c6ccccc65)c4)cc32)c1. The largest absolute Gasteiger partial charge is 0.349 e. The molecule has 0 saturated heterocycles. The average Bonchev–Trinajstić information content (AvgIpc) is 3.65. The first kappa shape index (κ1) is 30.1. The molecular formula is C45H43N3. The van der Waals surface area contributed by atoms with E-state index in [0.29, 0.717) is 6.04 Å². The van der Waals surface area contributed by atoms with Gasteiger partial charge >= 0.3 is 0 Å².